The van der Waals surface area contributed by atoms with E-state index in [0.717, 1.165) is 42.6 Å². The number of anilines is 1. The predicted octanol–water partition coefficient (Wildman–Crippen LogP) is 4.50. The molecule has 1 aliphatic rings. The second-order valence-corrected chi connectivity index (χ2v) is 8.88. The highest BCUT2D eigenvalue weighted by molar-refractivity contribution is 5.92. The van der Waals surface area contributed by atoms with Crippen LogP contribution in [0.2, 0.25) is 0 Å². The third-order valence-corrected chi connectivity index (χ3v) is 6.50. The fourth-order valence-electron chi connectivity index (χ4n) is 4.63. The minimum Gasteiger partial charge on any atom is -0.388 e. The number of amides is 1. The zero-order chi connectivity index (χ0) is 21.8. The third-order valence-electron chi connectivity index (χ3n) is 6.50. The Morgan fingerprint density at radius 3 is 2.55 bits per heavy atom. The lowest BCUT2D eigenvalue weighted by molar-refractivity contribution is -0.758. The molecule has 1 amide bonds. The Labute approximate surface area is 184 Å². The molecule has 3 aromatic rings. The molecule has 0 radical (unpaired) electrons. The molecule has 0 spiro atoms. The Bertz CT molecular complexity index is 997. The molecule has 1 aliphatic carbocycles. The zero-order valence-electron chi connectivity index (χ0n) is 18.3. The maximum absolute atomic E-state index is 12.5. The second kappa shape index (κ2) is 9.48. The number of rotatable bonds is 7. The van der Waals surface area contributed by atoms with E-state index in [9.17, 15) is 9.90 Å². The molecule has 1 unspecified atom stereocenters. The maximum Gasteiger partial charge on any atom is 0.295 e. The lowest BCUT2D eigenvalue weighted by atomic mass is 9.91. The molecule has 2 aromatic carbocycles. The normalized spacial score (nSPS) is 20.4. The number of aryl methyl sites for hydroxylation is 1. The molecule has 1 aromatic heterocycles. The van der Waals surface area contributed by atoms with Gasteiger partial charge in [-0.15, -0.1) is 4.68 Å². The Hall–Kier alpha value is -2.92. The van der Waals surface area contributed by atoms with Gasteiger partial charge in [0.25, 0.3) is 11.9 Å². The van der Waals surface area contributed by atoms with Gasteiger partial charge in [-0.25, -0.2) is 0 Å². The topological polar surface area (TPSA) is 69.0 Å². The van der Waals surface area contributed by atoms with Crippen LogP contribution in [0.15, 0.2) is 66.9 Å². The summed E-state index contributed by atoms with van der Waals surface area (Å²) in [5, 5.41) is 16.9. The number of hydrogen-bond donors (Lipinski definition) is 3. The maximum atomic E-state index is 12.5. The van der Waals surface area contributed by atoms with E-state index >= 15 is 0 Å². The van der Waals surface area contributed by atoms with Crippen molar-refractivity contribution in [3.05, 3.63) is 83.7 Å². The molecule has 0 aliphatic heterocycles. The number of carbonyl (C=O) groups is 1. The summed E-state index contributed by atoms with van der Waals surface area (Å²) >= 11 is 0. The van der Waals surface area contributed by atoms with Crippen molar-refractivity contribution in [1.82, 2.24) is 5.10 Å². The van der Waals surface area contributed by atoms with E-state index in [-0.39, 0.29) is 18.1 Å². The molecule has 31 heavy (non-hydrogen) atoms. The fourth-order valence-corrected chi connectivity index (χ4v) is 4.63. The summed E-state index contributed by atoms with van der Waals surface area (Å²) in [5.41, 5.74) is 4.14. The molecule has 1 heterocycles. The summed E-state index contributed by atoms with van der Waals surface area (Å²) in [5.74, 6) is 0.881. The summed E-state index contributed by atoms with van der Waals surface area (Å²) in [7, 11) is 0. The quantitative estimate of drug-likeness (QED) is 0.495. The van der Waals surface area contributed by atoms with E-state index in [0.29, 0.717) is 11.8 Å². The highest BCUT2D eigenvalue weighted by atomic mass is 16.3. The van der Waals surface area contributed by atoms with Crippen LogP contribution >= 0.6 is 0 Å². The number of H-pyrrole nitrogens is 1. The Balaban J connectivity index is 1.29. The van der Waals surface area contributed by atoms with Gasteiger partial charge in [0, 0.05) is 18.7 Å². The molecule has 5 nitrogen and oxygen atoms in total. The summed E-state index contributed by atoms with van der Waals surface area (Å²) in [6.07, 6.45) is 5.80. The van der Waals surface area contributed by atoms with Gasteiger partial charge in [-0.1, -0.05) is 42.5 Å². The predicted molar refractivity (Wildman–Crippen MR) is 121 cm³/mol. The standard InChI is InChI=1S/C26H31N3O2/c1-18-14-15-29(28-18)19(2)26(31)27-24-12-9-20(10-13-24)16-21-8-11-23(17-21)25(30)22-6-4-3-5-7-22/h3-7,9-10,12-15,19,21,23,25,30H,8,11,16-17H2,1-2H3,(H,27,31)/p+1/t19?,21-,23-,25+/m0/s1. The van der Waals surface area contributed by atoms with Crippen molar-refractivity contribution >= 4 is 11.6 Å². The van der Waals surface area contributed by atoms with Gasteiger partial charge in [0.15, 0.2) is 6.20 Å². The van der Waals surface area contributed by atoms with Crippen LogP contribution in [0.1, 0.15) is 55.2 Å². The van der Waals surface area contributed by atoms with Gasteiger partial charge in [-0.3, -0.25) is 4.79 Å². The molecule has 4 rings (SSSR count). The van der Waals surface area contributed by atoms with Crippen LogP contribution in [-0.2, 0) is 11.2 Å². The van der Waals surface area contributed by atoms with E-state index in [1.165, 1.54) is 5.56 Å². The number of aromatic nitrogens is 2. The average Bonchev–Trinajstić information content (AvgIpc) is 3.44. The van der Waals surface area contributed by atoms with Gasteiger partial charge in [0.05, 0.1) is 11.8 Å². The first-order valence-electron chi connectivity index (χ1n) is 11.2. The molecule has 0 saturated heterocycles. The van der Waals surface area contributed by atoms with Gasteiger partial charge in [0.2, 0.25) is 0 Å². The zero-order valence-corrected chi connectivity index (χ0v) is 18.3. The molecular formula is C26H32N3O2+. The number of carbonyl (C=O) groups excluding carboxylic acids is 1. The largest absolute Gasteiger partial charge is 0.388 e. The first kappa shape index (κ1) is 21.3. The van der Waals surface area contributed by atoms with E-state index in [1.54, 1.807) is 4.68 Å². The summed E-state index contributed by atoms with van der Waals surface area (Å²) in [4.78, 5) is 12.5. The van der Waals surface area contributed by atoms with Gasteiger partial charge >= 0.3 is 0 Å². The second-order valence-electron chi connectivity index (χ2n) is 8.88. The lowest BCUT2D eigenvalue weighted by Gasteiger charge is -2.19. The van der Waals surface area contributed by atoms with Crippen LogP contribution < -0.4 is 10.00 Å². The van der Waals surface area contributed by atoms with Crippen molar-refractivity contribution in [2.24, 2.45) is 11.8 Å². The number of nitrogens with zero attached hydrogens (tertiary/aromatic N) is 1. The Morgan fingerprint density at radius 2 is 1.87 bits per heavy atom. The number of aromatic amines is 1. The molecule has 5 heteroatoms. The first-order chi connectivity index (χ1) is 15.0. The number of hydrogen-bond acceptors (Lipinski definition) is 2. The van der Waals surface area contributed by atoms with E-state index in [4.69, 9.17) is 0 Å². The van der Waals surface area contributed by atoms with Crippen molar-refractivity contribution in [3.63, 3.8) is 0 Å². The third kappa shape index (κ3) is 5.23. The van der Waals surface area contributed by atoms with Crippen LogP contribution in [0.5, 0.6) is 0 Å². The molecule has 162 valence electrons. The lowest BCUT2D eigenvalue weighted by Crippen LogP contribution is -2.45. The first-order valence-corrected chi connectivity index (χ1v) is 11.2. The average molecular weight is 419 g/mol. The van der Waals surface area contributed by atoms with Crippen LogP contribution in [0, 0.1) is 18.8 Å². The Kier molecular flexibility index (Phi) is 6.52. The highest BCUT2D eigenvalue weighted by Gasteiger charge is 2.30. The highest BCUT2D eigenvalue weighted by Crippen LogP contribution is 2.40. The van der Waals surface area contributed by atoms with Gasteiger partial charge in [-0.2, -0.15) is 5.10 Å². The van der Waals surface area contributed by atoms with Crippen LogP contribution in [0.3, 0.4) is 0 Å². The van der Waals surface area contributed by atoms with Gasteiger partial charge < -0.3 is 10.4 Å². The van der Waals surface area contributed by atoms with Crippen LogP contribution in [-0.4, -0.2) is 16.1 Å². The SMILES string of the molecule is Cc1cc[n+](C(C)C(=O)Nc2ccc(C[C@@H]3CC[C@H]([C@H](O)c4ccccc4)C3)cc2)[nH]1. The van der Waals surface area contributed by atoms with E-state index in [2.05, 4.69) is 22.5 Å². The molecule has 1 fully saturated rings. The fraction of sp³-hybridized carbons (Fsp3) is 0.385. The van der Waals surface area contributed by atoms with E-state index < -0.39 is 0 Å². The summed E-state index contributed by atoms with van der Waals surface area (Å²) < 4.78 is 1.80. The van der Waals surface area contributed by atoms with Gasteiger partial charge in [0.1, 0.15) is 0 Å². The van der Waals surface area contributed by atoms with Crippen molar-refractivity contribution in [2.45, 2.75) is 51.7 Å². The molecule has 4 atom stereocenters. The molecule has 0 bridgehead atoms. The summed E-state index contributed by atoms with van der Waals surface area (Å²) in [6, 6.07) is 19.8. The van der Waals surface area contributed by atoms with Crippen molar-refractivity contribution in [3.8, 4) is 0 Å². The number of benzene rings is 2. The minimum atomic E-state index is -0.368. The molecular weight excluding hydrogens is 386 g/mol. The Morgan fingerprint density at radius 1 is 1.13 bits per heavy atom. The number of aliphatic hydroxyl groups is 1. The number of aliphatic hydroxyl groups excluding tert-OH is 1. The number of nitrogens with one attached hydrogen (secondary N) is 2. The monoisotopic (exact) mass is 418 g/mol. The smallest absolute Gasteiger partial charge is 0.295 e. The summed E-state index contributed by atoms with van der Waals surface area (Å²) in [6.45, 7) is 3.84. The minimum absolute atomic E-state index is 0.0480. The van der Waals surface area contributed by atoms with Crippen LogP contribution in [0.25, 0.3) is 0 Å². The van der Waals surface area contributed by atoms with Crippen LogP contribution in [0.4, 0.5) is 5.69 Å². The van der Waals surface area contributed by atoms with Crippen molar-refractivity contribution < 1.29 is 14.6 Å². The van der Waals surface area contributed by atoms with Crippen molar-refractivity contribution in [2.75, 3.05) is 5.32 Å². The van der Waals surface area contributed by atoms with E-state index in [1.807, 2.05) is 68.6 Å². The molecule has 1 saturated carbocycles. The molecule has 3 N–H and O–H groups in total. The van der Waals surface area contributed by atoms with Crippen molar-refractivity contribution in [1.29, 1.82) is 0 Å². The van der Waals surface area contributed by atoms with Gasteiger partial charge in [-0.05, 0) is 67.7 Å².